The third-order valence-corrected chi connectivity index (χ3v) is 5.47. The average Bonchev–Trinajstić information content (AvgIpc) is 2.85. The van der Waals surface area contributed by atoms with Gasteiger partial charge in [0.05, 0.1) is 42.2 Å². The van der Waals surface area contributed by atoms with Gasteiger partial charge < -0.3 is 15.4 Å². The summed E-state index contributed by atoms with van der Waals surface area (Å²) in [5.41, 5.74) is 1.34. The monoisotopic (exact) mass is 376 g/mol. The highest BCUT2D eigenvalue weighted by Crippen LogP contribution is 2.25. The number of amides is 2. The molecule has 1 atom stereocenters. The Morgan fingerprint density at radius 2 is 2.12 bits per heavy atom. The van der Waals surface area contributed by atoms with E-state index in [4.69, 9.17) is 4.74 Å². The second-order valence-corrected chi connectivity index (χ2v) is 7.28. The molecule has 2 aromatic heterocycles. The van der Waals surface area contributed by atoms with E-state index in [1.165, 1.54) is 22.2 Å². The number of nitrogens with one attached hydrogen (secondary N) is 2. The van der Waals surface area contributed by atoms with Gasteiger partial charge in [-0.05, 0) is 33.3 Å². The van der Waals surface area contributed by atoms with E-state index in [1.807, 2.05) is 13.8 Å². The number of esters is 1. The predicted octanol–water partition coefficient (Wildman–Crippen LogP) is 1.59. The van der Waals surface area contributed by atoms with Gasteiger partial charge in [-0.2, -0.15) is 0 Å². The molecule has 3 heterocycles. The molecule has 0 saturated carbocycles. The number of ether oxygens (including phenoxy) is 1. The fourth-order valence-corrected chi connectivity index (χ4v) is 3.94. The van der Waals surface area contributed by atoms with Crippen molar-refractivity contribution in [2.75, 3.05) is 6.61 Å². The van der Waals surface area contributed by atoms with Crippen molar-refractivity contribution in [2.45, 2.75) is 40.3 Å². The van der Waals surface area contributed by atoms with Crippen LogP contribution in [0.4, 0.5) is 4.79 Å². The fourth-order valence-electron chi connectivity index (χ4n) is 2.96. The molecule has 0 fully saturated rings. The smallest absolute Gasteiger partial charge is 0.337 e. The van der Waals surface area contributed by atoms with Crippen LogP contribution in [0.25, 0.3) is 10.2 Å². The summed E-state index contributed by atoms with van der Waals surface area (Å²) in [5.74, 6) is -0.521. The molecule has 0 bridgehead atoms. The lowest BCUT2D eigenvalue weighted by molar-refractivity contribution is -0.139. The molecule has 2 aromatic rings. The summed E-state index contributed by atoms with van der Waals surface area (Å²) in [4.78, 5) is 43.1. The summed E-state index contributed by atoms with van der Waals surface area (Å²) >= 11 is 1.47. The van der Waals surface area contributed by atoms with Gasteiger partial charge in [-0.25, -0.2) is 14.6 Å². The van der Waals surface area contributed by atoms with Crippen LogP contribution in [-0.2, 0) is 16.1 Å². The SMILES string of the molecule is CCOC(=O)C1=C(Cn2cnc3sc(C)c(C)c3c2=O)NC(=O)NC1C. The first kappa shape index (κ1) is 18.1. The Morgan fingerprint density at radius 3 is 2.81 bits per heavy atom. The Kier molecular flexibility index (Phi) is 4.82. The van der Waals surface area contributed by atoms with Crippen molar-refractivity contribution >= 4 is 33.6 Å². The number of hydrogen-bond donors (Lipinski definition) is 2. The quantitative estimate of drug-likeness (QED) is 0.789. The number of urea groups is 1. The van der Waals surface area contributed by atoms with Crippen LogP contribution in [0.15, 0.2) is 22.4 Å². The Bertz CT molecular complexity index is 989. The van der Waals surface area contributed by atoms with Crippen molar-refractivity contribution in [1.82, 2.24) is 20.2 Å². The van der Waals surface area contributed by atoms with Gasteiger partial charge in [-0.3, -0.25) is 9.36 Å². The summed E-state index contributed by atoms with van der Waals surface area (Å²) in [5, 5.41) is 5.83. The number of allylic oxidation sites excluding steroid dienone is 1. The number of rotatable bonds is 4. The number of aryl methyl sites for hydroxylation is 2. The van der Waals surface area contributed by atoms with Gasteiger partial charge in [0.1, 0.15) is 4.83 Å². The van der Waals surface area contributed by atoms with Crippen LogP contribution in [0.5, 0.6) is 0 Å². The number of thiophene rings is 1. The molecule has 9 heteroatoms. The van der Waals surface area contributed by atoms with Crippen LogP contribution in [-0.4, -0.2) is 34.2 Å². The lowest BCUT2D eigenvalue weighted by atomic mass is 10.0. The maximum absolute atomic E-state index is 12.9. The van der Waals surface area contributed by atoms with Gasteiger partial charge in [-0.15, -0.1) is 11.3 Å². The molecule has 138 valence electrons. The Hall–Kier alpha value is -2.68. The minimum absolute atomic E-state index is 0.0298. The molecule has 1 unspecified atom stereocenters. The molecule has 8 nitrogen and oxygen atoms in total. The van der Waals surface area contributed by atoms with Crippen LogP contribution in [0.3, 0.4) is 0 Å². The molecule has 2 N–H and O–H groups in total. The summed E-state index contributed by atoms with van der Waals surface area (Å²) < 4.78 is 6.49. The normalized spacial score (nSPS) is 17.2. The van der Waals surface area contributed by atoms with Crippen molar-refractivity contribution in [3.8, 4) is 0 Å². The molecule has 0 aliphatic carbocycles. The van der Waals surface area contributed by atoms with Gasteiger partial charge in [0.2, 0.25) is 0 Å². The lowest BCUT2D eigenvalue weighted by Gasteiger charge is -2.26. The van der Waals surface area contributed by atoms with Crippen LogP contribution in [0.2, 0.25) is 0 Å². The zero-order chi connectivity index (χ0) is 19.0. The van der Waals surface area contributed by atoms with E-state index in [1.54, 1.807) is 13.8 Å². The molecule has 0 radical (unpaired) electrons. The summed E-state index contributed by atoms with van der Waals surface area (Å²) in [6.45, 7) is 7.49. The number of nitrogens with zero attached hydrogens (tertiary/aromatic N) is 2. The number of carbonyl (C=O) groups excluding carboxylic acids is 2. The van der Waals surface area contributed by atoms with Crippen molar-refractivity contribution in [3.63, 3.8) is 0 Å². The standard InChI is InChI=1S/C17H20N4O4S/c1-5-25-16(23)13-9(3)19-17(24)20-11(13)6-21-7-18-14-12(15(21)22)8(2)10(4)26-14/h7,9H,5-6H2,1-4H3,(H2,19,20,24). The molecule has 0 saturated heterocycles. The highest BCUT2D eigenvalue weighted by atomic mass is 32.1. The third-order valence-electron chi connectivity index (χ3n) is 4.35. The molecule has 2 amide bonds. The summed E-state index contributed by atoms with van der Waals surface area (Å²) in [7, 11) is 0. The Morgan fingerprint density at radius 1 is 1.38 bits per heavy atom. The second kappa shape index (κ2) is 6.91. The van der Waals surface area contributed by atoms with E-state index in [9.17, 15) is 14.4 Å². The van der Waals surface area contributed by atoms with Gasteiger partial charge in [0, 0.05) is 4.88 Å². The van der Waals surface area contributed by atoms with Crippen LogP contribution in [0.1, 0.15) is 24.3 Å². The van der Waals surface area contributed by atoms with Gasteiger partial charge in [0.15, 0.2) is 0 Å². The molecule has 1 aliphatic heterocycles. The first-order valence-electron chi connectivity index (χ1n) is 8.26. The average molecular weight is 376 g/mol. The minimum Gasteiger partial charge on any atom is -0.463 e. The highest BCUT2D eigenvalue weighted by molar-refractivity contribution is 7.18. The Labute approximate surface area is 153 Å². The van der Waals surface area contributed by atoms with E-state index in [0.29, 0.717) is 21.5 Å². The zero-order valence-electron chi connectivity index (χ0n) is 15.0. The number of fused-ring (bicyclic) bond motifs is 1. The summed E-state index contributed by atoms with van der Waals surface area (Å²) in [6, 6.07) is -0.944. The summed E-state index contributed by atoms with van der Waals surface area (Å²) in [6.07, 6.45) is 1.44. The van der Waals surface area contributed by atoms with Crippen molar-refractivity contribution in [2.24, 2.45) is 0 Å². The van der Waals surface area contributed by atoms with Crippen molar-refractivity contribution < 1.29 is 14.3 Å². The van der Waals surface area contributed by atoms with E-state index < -0.39 is 18.0 Å². The molecule has 26 heavy (non-hydrogen) atoms. The van der Waals surface area contributed by atoms with Crippen molar-refractivity contribution in [1.29, 1.82) is 0 Å². The molecular formula is C17H20N4O4S. The third kappa shape index (κ3) is 3.10. The van der Waals surface area contributed by atoms with E-state index in [-0.39, 0.29) is 18.7 Å². The predicted molar refractivity (Wildman–Crippen MR) is 98.1 cm³/mol. The highest BCUT2D eigenvalue weighted by Gasteiger charge is 2.30. The molecule has 1 aliphatic rings. The largest absolute Gasteiger partial charge is 0.463 e. The first-order chi connectivity index (χ1) is 12.3. The minimum atomic E-state index is -0.521. The van der Waals surface area contributed by atoms with E-state index in [2.05, 4.69) is 15.6 Å². The van der Waals surface area contributed by atoms with Gasteiger partial charge in [0.25, 0.3) is 5.56 Å². The molecule has 0 spiro atoms. The maximum Gasteiger partial charge on any atom is 0.337 e. The lowest BCUT2D eigenvalue weighted by Crippen LogP contribution is -2.50. The maximum atomic E-state index is 12.9. The number of aromatic nitrogens is 2. The molecule has 0 aromatic carbocycles. The second-order valence-electron chi connectivity index (χ2n) is 6.07. The molecule has 3 rings (SSSR count). The van der Waals surface area contributed by atoms with Crippen molar-refractivity contribution in [3.05, 3.63) is 38.4 Å². The van der Waals surface area contributed by atoms with Crippen LogP contribution < -0.4 is 16.2 Å². The van der Waals surface area contributed by atoms with E-state index >= 15 is 0 Å². The van der Waals surface area contributed by atoms with Gasteiger partial charge >= 0.3 is 12.0 Å². The first-order valence-corrected chi connectivity index (χ1v) is 9.08. The Balaban J connectivity index is 2.08. The van der Waals surface area contributed by atoms with Gasteiger partial charge in [-0.1, -0.05) is 0 Å². The topological polar surface area (TPSA) is 102 Å². The fraction of sp³-hybridized carbons (Fsp3) is 0.412. The molecular weight excluding hydrogens is 356 g/mol. The number of hydrogen-bond acceptors (Lipinski definition) is 6. The van der Waals surface area contributed by atoms with Crippen LogP contribution in [0, 0.1) is 13.8 Å². The number of carbonyl (C=O) groups is 2. The van der Waals surface area contributed by atoms with E-state index in [0.717, 1.165) is 10.4 Å². The van der Waals surface area contributed by atoms with Crippen LogP contribution >= 0.6 is 11.3 Å². The zero-order valence-corrected chi connectivity index (χ0v) is 15.8.